The quantitative estimate of drug-likeness (QED) is 0.731. The largest absolute Gasteiger partial charge is 0.486 e. The van der Waals surface area contributed by atoms with E-state index in [1.54, 1.807) is 0 Å². The normalized spacial score (nSPS) is 18.6. The average molecular weight is 331 g/mol. The molecule has 3 aromatic carbocycles. The van der Waals surface area contributed by atoms with Gasteiger partial charge in [-0.05, 0) is 28.0 Å². The molecule has 2 aliphatic heterocycles. The van der Waals surface area contributed by atoms with Gasteiger partial charge >= 0.3 is 0 Å². The number of benzene rings is 3. The molecule has 1 N–H and O–H groups in total. The molecule has 0 unspecified atom stereocenters. The van der Waals surface area contributed by atoms with Gasteiger partial charge in [-0.2, -0.15) is 0 Å². The number of carbonyl (C=O) groups is 1. The van der Waals surface area contributed by atoms with Crippen molar-refractivity contribution in [2.45, 2.75) is 12.3 Å². The van der Waals surface area contributed by atoms with E-state index in [1.807, 2.05) is 24.3 Å². The summed E-state index contributed by atoms with van der Waals surface area (Å²) < 4.78 is 11.4. The van der Waals surface area contributed by atoms with Crippen LogP contribution in [0.3, 0.4) is 0 Å². The number of hydrogen-bond acceptors (Lipinski definition) is 3. The van der Waals surface area contributed by atoms with Crippen LogP contribution in [0.15, 0.2) is 54.6 Å². The Morgan fingerprint density at radius 1 is 0.880 bits per heavy atom. The average Bonchev–Trinajstić information content (AvgIpc) is 2.65. The van der Waals surface area contributed by atoms with Crippen LogP contribution in [0.1, 0.15) is 23.5 Å². The monoisotopic (exact) mass is 331 g/mol. The fraction of sp³-hybridized carbons (Fsp3) is 0.190. The van der Waals surface area contributed by atoms with Gasteiger partial charge in [0.05, 0.1) is 0 Å². The van der Waals surface area contributed by atoms with Gasteiger partial charge < -0.3 is 14.8 Å². The Morgan fingerprint density at radius 2 is 1.64 bits per heavy atom. The summed E-state index contributed by atoms with van der Waals surface area (Å²) in [5.74, 6) is 1.49. The SMILES string of the molecule is O=C1C[C@H](c2cccc3ccccc23)c2cc3c(cc2N1)OCCO3. The van der Waals surface area contributed by atoms with E-state index in [2.05, 4.69) is 35.6 Å². The standard InChI is InChI=1S/C21H17NO3/c23-21-11-16(15-7-3-5-13-4-1-2-6-14(13)15)17-10-19-20(12-18(17)22-21)25-9-8-24-19/h1-7,10,12,16H,8-9,11H2,(H,22,23)/t16-/m1/s1. The van der Waals surface area contributed by atoms with E-state index in [-0.39, 0.29) is 11.8 Å². The van der Waals surface area contributed by atoms with Crippen LogP contribution in [-0.2, 0) is 4.79 Å². The molecular weight excluding hydrogens is 314 g/mol. The second-order valence-electron chi connectivity index (χ2n) is 6.46. The lowest BCUT2D eigenvalue weighted by Crippen LogP contribution is -2.25. The fourth-order valence-corrected chi connectivity index (χ4v) is 3.83. The van der Waals surface area contributed by atoms with Gasteiger partial charge in [0.1, 0.15) is 13.2 Å². The van der Waals surface area contributed by atoms with Gasteiger partial charge in [0, 0.05) is 24.1 Å². The maximum Gasteiger partial charge on any atom is 0.225 e. The molecular formula is C21H17NO3. The zero-order valence-corrected chi connectivity index (χ0v) is 13.6. The summed E-state index contributed by atoms with van der Waals surface area (Å²) in [7, 11) is 0. The highest BCUT2D eigenvalue weighted by Gasteiger charge is 2.30. The number of carbonyl (C=O) groups excluding carboxylic acids is 1. The van der Waals surface area contributed by atoms with Gasteiger partial charge in [-0.25, -0.2) is 0 Å². The number of hydrogen-bond donors (Lipinski definition) is 1. The summed E-state index contributed by atoms with van der Waals surface area (Å²) in [6.07, 6.45) is 0.431. The highest BCUT2D eigenvalue weighted by atomic mass is 16.6. The van der Waals surface area contributed by atoms with Crippen molar-refractivity contribution in [2.75, 3.05) is 18.5 Å². The molecule has 0 spiro atoms. The number of fused-ring (bicyclic) bond motifs is 3. The van der Waals surface area contributed by atoms with Crippen molar-refractivity contribution in [1.82, 2.24) is 0 Å². The van der Waals surface area contributed by atoms with E-state index in [4.69, 9.17) is 9.47 Å². The minimum absolute atomic E-state index is 0.00526. The van der Waals surface area contributed by atoms with Gasteiger partial charge in [-0.3, -0.25) is 4.79 Å². The van der Waals surface area contributed by atoms with E-state index in [9.17, 15) is 4.79 Å². The molecule has 0 saturated heterocycles. The first-order valence-electron chi connectivity index (χ1n) is 8.50. The van der Waals surface area contributed by atoms with Crippen LogP contribution < -0.4 is 14.8 Å². The third-order valence-corrected chi connectivity index (χ3v) is 4.95. The molecule has 2 aliphatic rings. The van der Waals surface area contributed by atoms with Crippen molar-refractivity contribution in [1.29, 1.82) is 0 Å². The first-order valence-corrected chi connectivity index (χ1v) is 8.50. The maximum atomic E-state index is 12.3. The van der Waals surface area contributed by atoms with Crippen LogP contribution >= 0.6 is 0 Å². The fourth-order valence-electron chi connectivity index (χ4n) is 3.83. The van der Waals surface area contributed by atoms with E-state index in [0.29, 0.717) is 25.4 Å². The minimum atomic E-state index is 0.00526. The topological polar surface area (TPSA) is 47.6 Å². The summed E-state index contributed by atoms with van der Waals surface area (Å²) in [4.78, 5) is 12.3. The number of ether oxygens (including phenoxy) is 2. The minimum Gasteiger partial charge on any atom is -0.486 e. The molecule has 4 heteroatoms. The molecule has 3 aromatic rings. The predicted octanol–water partition coefficient (Wildman–Crippen LogP) is 4.09. The van der Waals surface area contributed by atoms with E-state index >= 15 is 0 Å². The Bertz CT molecular complexity index is 990. The van der Waals surface area contributed by atoms with Gasteiger partial charge in [0.15, 0.2) is 11.5 Å². The second kappa shape index (κ2) is 5.52. The van der Waals surface area contributed by atoms with Crippen LogP contribution in [0.25, 0.3) is 10.8 Å². The third kappa shape index (κ3) is 2.33. The molecule has 25 heavy (non-hydrogen) atoms. The molecule has 4 nitrogen and oxygen atoms in total. The molecule has 2 heterocycles. The van der Waals surface area contributed by atoms with Crippen LogP contribution in [0, 0.1) is 0 Å². The lowest BCUT2D eigenvalue weighted by Gasteiger charge is -2.29. The predicted molar refractivity (Wildman–Crippen MR) is 96.5 cm³/mol. The Labute approximate surface area is 145 Å². The molecule has 124 valence electrons. The van der Waals surface area contributed by atoms with Crippen LogP contribution in [0.2, 0.25) is 0 Å². The van der Waals surface area contributed by atoms with Gasteiger partial charge in [-0.15, -0.1) is 0 Å². The summed E-state index contributed by atoms with van der Waals surface area (Å²) in [5, 5.41) is 5.35. The van der Waals surface area contributed by atoms with Crippen molar-refractivity contribution in [3.05, 3.63) is 65.7 Å². The molecule has 0 radical (unpaired) electrons. The maximum absolute atomic E-state index is 12.3. The number of rotatable bonds is 1. The Hall–Kier alpha value is -3.01. The molecule has 1 amide bonds. The van der Waals surface area contributed by atoms with Crippen molar-refractivity contribution >= 4 is 22.4 Å². The first-order chi connectivity index (χ1) is 12.3. The Kier molecular flexibility index (Phi) is 3.17. The summed E-state index contributed by atoms with van der Waals surface area (Å²) in [6.45, 7) is 1.09. The van der Waals surface area contributed by atoms with Gasteiger partial charge in [0.2, 0.25) is 5.91 Å². The lowest BCUT2D eigenvalue weighted by molar-refractivity contribution is -0.116. The molecule has 0 aromatic heterocycles. The Morgan fingerprint density at radius 3 is 2.52 bits per heavy atom. The van der Waals surface area contributed by atoms with Gasteiger partial charge in [0.25, 0.3) is 0 Å². The summed E-state index contributed by atoms with van der Waals surface area (Å²) >= 11 is 0. The molecule has 5 rings (SSSR count). The van der Waals surface area contributed by atoms with E-state index < -0.39 is 0 Å². The van der Waals surface area contributed by atoms with Crippen molar-refractivity contribution in [3.8, 4) is 11.5 Å². The molecule has 1 atom stereocenters. The van der Waals surface area contributed by atoms with Crippen LogP contribution in [0.4, 0.5) is 5.69 Å². The van der Waals surface area contributed by atoms with Crippen molar-refractivity contribution in [2.24, 2.45) is 0 Å². The van der Waals surface area contributed by atoms with Crippen molar-refractivity contribution < 1.29 is 14.3 Å². The van der Waals surface area contributed by atoms with Gasteiger partial charge in [-0.1, -0.05) is 42.5 Å². The van der Waals surface area contributed by atoms with Crippen LogP contribution in [0.5, 0.6) is 11.5 Å². The third-order valence-electron chi connectivity index (χ3n) is 4.95. The smallest absolute Gasteiger partial charge is 0.225 e. The second-order valence-corrected chi connectivity index (χ2v) is 6.46. The summed E-state index contributed by atoms with van der Waals surface area (Å²) in [6, 6.07) is 18.5. The first kappa shape index (κ1) is 14.3. The lowest BCUT2D eigenvalue weighted by atomic mass is 9.82. The molecule has 0 bridgehead atoms. The number of nitrogens with one attached hydrogen (secondary N) is 1. The number of anilines is 1. The molecule has 0 aliphatic carbocycles. The zero-order chi connectivity index (χ0) is 16.8. The highest BCUT2D eigenvalue weighted by Crippen LogP contribution is 2.45. The molecule has 0 saturated carbocycles. The Balaban J connectivity index is 1.71. The summed E-state index contributed by atoms with van der Waals surface area (Å²) in [5.41, 5.74) is 3.07. The zero-order valence-electron chi connectivity index (χ0n) is 13.6. The van der Waals surface area contributed by atoms with Crippen molar-refractivity contribution in [3.63, 3.8) is 0 Å². The highest BCUT2D eigenvalue weighted by molar-refractivity contribution is 5.97. The van der Waals surface area contributed by atoms with E-state index in [0.717, 1.165) is 17.0 Å². The van der Waals surface area contributed by atoms with Crippen LogP contribution in [-0.4, -0.2) is 19.1 Å². The number of amides is 1. The molecule has 0 fully saturated rings. The van der Waals surface area contributed by atoms with E-state index in [1.165, 1.54) is 16.3 Å².